The zero-order chi connectivity index (χ0) is 49.9. The Kier molecular flexibility index (Phi) is 15.9. The molecule has 360 valence electrons. The van der Waals surface area contributed by atoms with Crippen LogP contribution in [0.5, 0.6) is 0 Å². The van der Waals surface area contributed by atoms with Gasteiger partial charge < -0.3 is 0 Å². The first-order valence-corrected chi connectivity index (χ1v) is 31.6. The maximum atomic E-state index is 3.09. The van der Waals surface area contributed by atoms with Crippen LogP contribution in [0.2, 0.25) is 19.6 Å². The van der Waals surface area contributed by atoms with Gasteiger partial charge in [-0.05, 0) is 0 Å². The van der Waals surface area contributed by atoms with Crippen LogP contribution in [-0.2, 0) is 0 Å². The van der Waals surface area contributed by atoms with Crippen molar-refractivity contribution in [1.82, 2.24) is 0 Å². The summed E-state index contributed by atoms with van der Waals surface area (Å²) in [7, 11) is -2.29. The number of nitrogens with zero attached hydrogens (tertiary/aromatic N) is 3. The van der Waals surface area contributed by atoms with Crippen molar-refractivity contribution in [3.05, 3.63) is 243 Å². The second kappa shape index (κ2) is 21.9. The van der Waals surface area contributed by atoms with Crippen molar-refractivity contribution in [2.75, 3.05) is 13.1 Å². The summed E-state index contributed by atoms with van der Waals surface area (Å²) in [5.41, 5.74) is 19.4. The minimum absolute atomic E-state index is 0.00447. The Morgan fingerprint density at radius 1 is 0.371 bits per heavy atom. The van der Waals surface area contributed by atoms with Crippen molar-refractivity contribution in [2.24, 2.45) is 0 Å². The van der Waals surface area contributed by atoms with Crippen LogP contribution in [0.4, 0.5) is 17.1 Å². The van der Waals surface area contributed by atoms with Crippen LogP contribution in [0.1, 0.15) is 172 Å². The SMILES string of the molecule is CC(C)c1cc(C(c2ccccc2)c2ccccc2)c(N([AsH]B2N(c3c(C(C)C)cccc3C(C)C)C=CN2c2c(C(C)C)cccc2C(C)C)[Si](C)(C)C)c(C(c2ccccc2)c2ccccc2)c1. The quantitative estimate of drug-likeness (QED) is 0.0665. The molecule has 1 unspecified atom stereocenters. The molecule has 70 heavy (non-hydrogen) atoms. The third-order valence-electron chi connectivity index (χ3n) is 14.3. The summed E-state index contributed by atoms with van der Waals surface area (Å²) in [5, 5.41) is 0. The van der Waals surface area contributed by atoms with Gasteiger partial charge >= 0.3 is 434 Å². The molecule has 0 saturated carbocycles. The third-order valence-corrected chi connectivity index (χ3v) is 23.4. The summed E-state index contributed by atoms with van der Waals surface area (Å²) in [6, 6.07) is 64.9. The molecule has 7 aromatic carbocycles. The Balaban J connectivity index is 1.51. The number of hydrogen-bond acceptors (Lipinski definition) is 3. The molecule has 0 fully saturated rings. The molecule has 1 aliphatic rings. The molecule has 1 aliphatic heterocycles. The Hall–Kier alpha value is -5.48. The minimum atomic E-state index is -2.29. The molecule has 0 N–H and O–H groups in total. The molecule has 6 heteroatoms. The van der Waals surface area contributed by atoms with E-state index in [0.29, 0.717) is 29.6 Å². The molecule has 0 radical (unpaired) electrons. The summed E-state index contributed by atoms with van der Waals surface area (Å²) < 4.78 is 3.09. The van der Waals surface area contributed by atoms with Crippen LogP contribution >= 0.6 is 0 Å². The molecule has 8 rings (SSSR count). The topological polar surface area (TPSA) is 9.72 Å². The number of anilines is 3. The Morgan fingerprint density at radius 3 is 0.929 bits per heavy atom. The summed E-state index contributed by atoms with van der Waals surface area (Å²) in [6.45, 7) is 31.6. The fraction of sp³-hybridized carbons (Fsp3) is 0.312. The summed E-state index contributed by atoms with van der Waals surface area (Å²) in [4.78, 5) is 5.50. The monoisotopic (exact) mass is 1000 g/mol. The molecular weight excluding hydrogens is 925 g/mol. The fourth-order valence-electron chi connectivity index (χ4n) is 10.7. The maximum absolute atomic E-state index is 3.09. The number of rotatable bonds is 17. The summed E-state index contributed by atoms with van der Waals surface area (Å²) in [6.07, 6.45) is 4.92. The molecule has 0 amide bonds. The van der Waals surface area contributed by atoms with Gasteiger partial charge in [-0.25, -0.2) is 0 Å². The predicted octanol–water partition coefficient (Wildman–Crippen LogP) is 17.1. The normalized spacial score (nSPS) is 13.3. The van der Waals surface area contributed by atoms with Crippen molar-refractivity contribution in [1.29, 1.82) is 0 Å². The number of hydrogen-bond donors (Lipinski definition) is 0. The van der Waals surface area contributed by atoms with E-state index in [0.717, 1.165) is 0 Å². The zero-order valence-corrected chi connectivity index (χ0v) is 47.4. The van der Waals surface area contributed by atoms with E-state index in [1.54, 1.807) is 0 Å². The van der Waals surface area contributed by atoms with Gasteiger partial charge in [0, 0.05) is 0 Å². The molecule has 0 spiro atoms. The Morgan fingerprint density at radius 2 is 0.671 bits per heavy atom. The van der Waals surface area contributed by atoms with Gasteiger partial charge in [0.2, 0.25) is 0 Å². The number of benzene rings is 7. The van der Waals surface area contributed by atoms with Gasteiger partial charge in [0.1, 0.15) is 0 Å². The Labute approximate surface area is 431 Å². The van der Waals surface area contributed by atoms with Crippen LogP contribution in [0.3, 0.4) is 0 Å². The van der Waals surface area contributed by atoms with E-state index in [1.165, 1.54) is 78.3 Å². The number of para-hydroxylation sites is 2. The van der Waals surface area contributed by atoms with Crippen molar-refractivity contribution < 1.29 is 0 Å². The van der Waals surface area contributed by atoms with E-state index in [4.69, 9.17) is 0 Å². The van der Waals surface area contributed by atoms with Crippen molar-refractivity contribution in [3.63, 3.8) is 0 Å². The molecule has 1 heterocycles. The second-order valence-corrected chi connectivity index (χ2v) is 30.3. The predicted molar refractivity (Wildman–Crippen MR) is 310 cm³/mol. The summed E-state index contributed by atoms with van der Waals surface area (Å²) in [5.74, 6) is 1.75. The molecule has 1 atom stereocenters. The van der Waals surface area contributed by atoms with E-state index >= 15 is 0 Å². The molecular formula is C64H77AsBN3Si. The Bertz CT molecular complexity index is 2550. The van der Waals surface area contributed by atoms with E-state index in [2.05, 4.69) is 284 Å². The standard InChI is InChI=1S/C64H77AsBN3Si/c1-44(2)53-42-58(60(49-28-18-14-19-29-49)50-30-20-15-21-31-50)64(59(43-53)61(51-32-22-16-23-33-51)52-34-24-17-25-35-52)69(70(11,12)13)65-66-67(62-54(45(3)4)36-26-37-55(62)46(5)6)40-41-68(66)63-56(47(7)8)38-27-39-57(63)48(9)10/h14-48,60-61,65H,1-13H3. The second-order valence-electron chi connectivity index (χ2n) is 22.0. The van der Waals surface area contributed by atoms with Gasteiger partial charge in [-0.3, -0.25) is 0 Å². The summed E-state index contributed by atoms with van der Waals surface area (Å²) >= 11 is -1.11. The molecule has 0 bridgehead atoms. The van der Waals surface area contributed by atoms with Gasteiger partial charge in [0.25, 0.3) is 0 Å². The van der Waals surface area contributed by atoms with Crippen molar-refractivity contribution in [2.45, 2.75) is 130 Å². The van der Waals surface area contributed by atoms with Gasteiger partial charge in [-0.1, -0.05) is 0 Å². The third kappa shape index (κ3) is 10.6. The van der Waals surface area contributed by atoms with E-state index in [-0.39, 0.29) is 17.5 Å². The van der Waals surface area contributed by atoms with E-state index < -0.39 is 24.0 Å². The van der Waals surface area contributed by atoms with Gasteiger partial charge in [-0.2, -0.15) is 0 Å². The molecule has 0 aliphatic carbocycles. The molecule has 0 aromatic heterocycles. The first-order chi connectivity index (χ1) is 33.6. The van der Waals surface area contributed by atoms with Gasteiger partial charge in [-0.15, -0.1) is 0 Å². The van der Waals surface area contributed by atoms with Crippen LogP contribution < -0.4 is 13.1 Å². The van der Waals surface area contributed by atoms with E-state index in [9.17, 15) is 0 Å². The van der Waals surface area contributed by atoms with Crippen LogP contribution in [0.25, 0.3) is 0 Å². The van der Waals surface area contributed by atoms with Crippen molar-refractivity contribution in [3.8, 4) is 0 Å². The molecule has 0 saturated heterocycles. The van der Waals surface area contributed by atoms with Gasteiger partial charge in [0.15, 0.2) is 0 Å². The first kappa shape index (κ1) is 50.9. The molecule has 3 nitrogen and oxygen atoms in total. The van der Waals surface area contributed by atoms with Crippen LogP contribution in [0, 0.1) is 0 Å². The van der Waals surface area contributed by atoms with Gasteiger partial charge in [0.05, 0.1) is 0 Å². The first-order valence-electron chi connectivity index (χ1n) is 26.0. The average Bonchev–Trinajstić information content (AvgIpc) is 3.76. The zero-order valence-electron chi connectivity index (χ0n) is 44.3. The van der Waals surface area contributed by atoms with Crippen LogP contribution in [-0.4, -0.2) is 29.7 Å². The van der Waals surface area contributed by atoms with Crippen LogP contribution in [0.15, 0.2) is 182 Å². The van der Waals surface area contributed by atoms with E-state index in [1.807, 2.05) is 0 Å². The molecule has 7 aromatic rings. The fourth-order valence-corrected chi connectivity index (χ4v) is 17.8. The van der Waals surface area contributed by atoms with Crippen molar-refractivity contribution >= 4 is 46.8 Å². The average molecular weight is 1000 g/mol.